The minimum absolute atomic E-state index is 0.0666. The average molecular weight is 187 g/mol. The molecule has 0 rings (SSSR count). The highest BCUT2D eigenvalue weighted by Crippen LogP contribution is 1.98. The zero-order valence-corrected chi connectivity index (χ0v) is 8.84. The van der Waals surface area contributed by atoms with Gasteiger partial charge in [-0.05, 0) is 20.4 Å². The Balaban J connectivity index is 3.82. The third-order valence-electron chi connectivity index (χ3n) is 2.13. The fraction of sp³-hybridized carbons (Fsp3) is 0.889. The van der Waals surface area contributed by atoms with Gasteiger partial charge in [-0.3, -0.25) is 9.69 Å². The van der Waals surface area contributed by atoms with E-state index in [0.29, 0.717) is 25.7 Å². The van der Waals surface area contributed by atoms with Gasteiger partial charge in [0, 0.05) is 19.1 Å². The van der Waals surface area contributed by atoms with Crippen molar-refractivity contribution < 1.29 is 4.79 Å². The van der Waals surface area contributed by atoms with Crippen molar-refractivity contribution in [3.63, 3.8) is 0 Å². The van der Waals surface area contributed by atoms with Crippen molar-refractivity contribution in [2.45, 2.75) is 26.3 Å². The molecule has 4 nitrogen and oxygen atoms in total. The van der Waals surface area contributed by atoms with E-state index in [-0.39, 0.29) is 5.91 Å². The Kier molecular flexibility index (Phi) is 6.54. The van der Waals surface area contributed by atoms with Crippen LogP contribution in [-0.2, 0) is 4.79 Å². The predicted octanol–water partition coefficient (Wildman–Crippen LogP) is -0.208. The number of hydrogen-bond donors (Lipinski definition) is 2. The monoisotopic (exact) mass is 187 g/mol. The molecule has 78 valence electrons. The van der Waals surface area contributed by atoms with E-state index in [9.17, 15) is 4.79 Å². The summed E-state index contributed by atoms with van der Waals surface area (Å²) < 4.78 is 0. The molecule has 3 N–H and O–H groups in total. The molecular weight excluding hydrogens is 166 g/mol. The molecule has 0 aromatic rings. The van der Waals surface area contributed by atoms with Crippen molar-refractivity contribution in [3.05, 3.63) is 0 Å². The normalized spacial score (nSPS) is 13.0. The van der Waals surface area contributed by atoms with Crippen LogP contribution in [0.4, 0.5) is 0 Å². The van der Waals surface area contributed by atoms with Gasteiger partial charge in [-0.15, -0.1) is 0 Å². The number of likely N-dealkylation sites (N-methyl/N-ethyl adjacent to an activating group) is 2. The first-order valence-corrected chi connectivity index (χ1v) is 4.82. The maximum absolute atomic E-state index is 11.2. The minimum Gasteiger partial charge on any atom is -0.355 e. The number of nitrogens with zero attached hydrogens (tertiary/aromatic N) is 1. The van der Waals surface area contributed by atoms with E-state index in [1.165, 1.54) is 0 Å². The first kappa shape index (κ1) is 12.4. The second-order valence-electron chi connectivity index (χ2n) is 3.17. The van der Waals surface area contributed by atoms with Crippen LogP contribution < -0.4 is 11.1 Å². The topological polar surface area (TPSA) is 58.4 Å². The van der Waals surface area contributed by atoms with Crippen LogP contribution in [-0.4, -0.2) is 43.5 Å². The molecular formula is C9H21N3O. The quantitative estimate of drug-likeness (QED) is 0.605. The lowest BCUT2D eigenvalue weighted by Crippen LogP contribution is -2.43. The molecule has 1 atom stereocenters. The first-order valence-electron chi connectivity index (χ1n) is 4.82. The molecule has 0 saturated heterocycles. The Labute approximate surface area is 80.5 Å². The Morgan fingerprint density at radius 3 is 2.54 bits per heavy atom. The fourth-order valence-electron chi connectivity index (χ4n) is 1.27. The third kappa shape index (κ3) is 4.85. The Morgan fingerprint density at radius 2 is 2.15 bits per heavy atom. The van der Waals surface area contributed by atoms with Crippen LogP contribution in [0.5, 0.6) is 0 Å². The van der Waals surface area contributed by atoms with Crippen molar-refractivity contribution in [2.24, 2.45) is 5.73 Å². The number of hydrogen-bond acceptors (Lipinski definition) is 3. The summed E-state index contributed by atoms with van der Waals surface area (Å²) in [4.78, 5) is 13.2. The summed E-state index contributed by atoms with van der Waals surface area (Å²) in [5, 5.41) is 2.76. The molecule has 0 radical (unpaired) electrons. The van der Waals surface area contributed by atoms with E-state index in [2.05, 4.69) is 12.2 Å². The summed E-state index contributed by atoms with van der Waals surface area (Å²) >= 11 is 0. The number of carbonyl (C=O) groups is 1. The van der Waals surface area contributed by atoms with E-state index in [1.807, 2.05) is 18.9 Å². The molecule has 0 bridgehead atoms. The Morgan fingerprint density at radius 1 is 1.54 bits per heavy atom. The van der Waals surface area contributed by atoms with Crippen LogP contribution in [0.3, 0.4) is 0 Å². The number of rotatable bonds is 6. The molecule has 0 fully saturated rings. The molecule has 0 aromatic carbocycles. The van der Waals surface area contributed by atoms with Crippen LogP contribution in [0.2, 0.25) is 0 Å². The van der Waals surface area contributed by atoms with E-state index < -0.39 is 0 Å². The van der Waals surface area contributed by atoms with Crippen LogP contribution in [0, 0.1) is 0 Å². The lowest BCUT2D eigenvalue weighted by atomic mass is 10.2. The second kappa shape index (κ2) is 6.86. The molecule has 1 amide bonds. The van der Waals surface area contributed by atoms with Gasteiger partial charge in [0.1, 0.15) is 0 Å². The summed E-state index contributed by atoms with van der Waals surface area (Å²) in [7, 11) is 1.93. The number of nitrogens with one attached hydrogen (secondary N) is 1. The van der Waals surface area contributed by atoms with Gasteiger partial charge in [-0.25, -0.2) is 0 Å². The molecule has 13 heavy (non-hydrogen) atoms. The summed E-state index contributed by atoms with van der Waals surface area (Å²) in [5.41, 5.74) is 5.56. The lowest BCUT2D eigenvalue weighted by molar-refractivity contribution is -0.122. The molecule has 0 saturated carbocycles. The van der Waals surface area contributed by atoms with Gasteiger partial charge in [-0.1, -0.05) is 6.92 Å². The fourth-order valence-corrected chi connectivity index (χ4v) is 1.27. The molecule has 0 heterocycles. The van der Waals surface area contributed by atoms with Crippen molar-refractivity contribution in [3.8, 4) is 0 Å². The van der Waals surface area contributed by atoms with E-state index in [4.69, 9.17) is 5.73 Å². The van der Waals surface area contributed by atoms with E-state index >= 15 is 0 Å². The highest BCUT2D eigenvalue weighted by Gasteiger charge is 2.13. The number of carbonyl (C=O) groups excluding carboxylic acids is 1. The van der Waals surface area contributed by atoms with Crippen molar-refractivity contribution in [2.75, 3.05) is 26.7 Å². The molecule has 1 unspecified atom stereocenters. The average Bonchev–Trinajstić information content (AvgIpc) is 2.06. The molecule has 0 spiro atoms. The van der Waals surface area contributed by atoms with Crippen LogP contribution >= 0.6 is 0 Å². The lowest BCUT2D eigenvalue weighted by Gasteiger charge is -2.24. The van der Waals surface area contributed by atoms with Crippen molar-refractivity contribution >= 4 is 5.91 Å². The summed E-state index contributed by atoms with van der Waals surface area (Å²) in [5.74, 6) is 0.0666. The summed E-state index contributed by atoms with van der Waals surface area (Å²) in [6, 6.07) is 0.308. The molecule has 0 aromatic heterocycles. The second-order valence-corrected chi connectivity index (χ2v) is 3.17. The smallest absolute Gasteiger partial charge is 0.234 e. The predicted molar refractivity (Wildman–Crippen MR) is 54.4 cm³/mol. The highest BCUT2D eigenvalue weighted by molar-refractivity contribution is 5.77. The Hall–Kier alpha value is -0.610. The van der Waals surface area contributed by atoms with Gasteiger partial charge in [0.15, 0.2) is 0 Å². The Bertz CT molecular complexity index is 146. The highest BCUT2D eigenvalue weighted by atomic mass is 16.2. The van der Waals surface area contributed by atoms with Crippen LogP contribution in [0.25, 0.3) is 0 Å². The standard InChI is InChI=1S/C9H21N3O/c1-4-8(6-10)12(3)7-9(13)11-5-2/h8H,4-7,10H2,1-3H3,(H,11,13). The van der Waals surface area contributed by atoms with Gasteiger partial charge in [0.2, 0.25) is 5.91 Å². The van der Waals surface area contributed by atoms with E-state index in [0.717, 1.165) is 6.42 Å². The molecule has 0 aliphatic carbocycles. The number of amides is 1. The van der Waals surface area contributed by atoms with Gasteiger partial charge in [-0.2, -0.15) is 0 Å². The van der Waals surface area contributed by atoms with Gasteiger partial charge in [0.05, 0.1) is 6.54 Å². The zero-order valence-electron chi connectivity index (χ0n) is 8.84. The van der Waals surface area contributed by atoms with Gasteiger partial charge >= 0.3 is 0 Å². The van der Waals surface area contributed by atoms with Crippen LogP contribution in [0.15, 0.2) is 0 Å². The van der Waals surface area contributed by atoms with Gasteiger partial charge in [0.25, 0.3) is 0 Å². The third-order valence-corrected chi connectivity index (χ3v) is 2.13. The summed E-state index contributed by atoms with van der Waals surface area (Å²) in [6.07, 6.45) is 0.979. The number of nitrogens with two attached hydrogens (primary N) is 1. The van der Waals surface area contributed by atoms with Gasteiger partial charge < -0.3 is 11.1 Å². The maximum Gasteiger partial charge on any atom is 0.234 e. The zero-order chi connectivity index (χ0) is 10.3. The largest absolute Gasteiger partial charge is 0.355 e. The maximum atomic E-state index is 11.2. The van der Waals surface area contributed by atoms with E-state index in [1.54, 1.807) is 0 Å². The molecule has 0 aliphatic heterocycles. The summed E-state index contributed by atoms with van der Waals surface area (Å²) in [6.45, 7) is 5.71. The van der Waals surface area contributed by atoms with Crippen LogP contribution in [0.1, 0.15) is 20.3 Å². The minimum atomic E-state index is 0.0666. The van der Waals surface area contributed by atoms with Crippen molar-refractivity contribution in [1.29, 1.82) is 0 Å². The SMILES string of the molecule is CCNC(=O)CN(C)C(CC)CN. The molecule has 0 aliphatic rings. The molecule has 4 heteroatoms. The van der Waals surface area contributed by atoms with Crippen molar-refractivity contribution in [1.82, 2.24) is 10.2 Å². The first-order chi connectivity index (χ1) is 6.15.